The van der Waals surface area contributed by atoms with Gasteiger partial charge in [-0.3, -0.25) is 4.98 Å². The van der Waals surface area contributed by atoms with E-state index in [2.05, 4.69) is 4.98 Å². The summed E-state index contributed by atoms with van der Waals surface area (Å²) in [5.74, 6) is 0. The van der Waals surface area contributed by atoms with Gasteiger partial charge in [-0.25, -0.2) is 0 Å². The Balaban J connectivity index is 2.17. The predicted molar refractivity (Wildman–Crippen MR) is 69.1 cm³/mol. The van der Waals surface area contributed by atoms with E-state index in [0.29, 0.717) is 17.1 Å². The van der Waals surface area contributed by atoms with Crippen LogP contribution in [0.3, 0.4) is 0 Å². The van der Waals surface area contributed by atoms with Crippen molar-refractivity contribution >= 4 is 11.6 Å². The highest BCUT2D eigenvalue weighted by Gasteiger charge is 2.11. The van der Waals surface area contributed by atoms with E-state index in [4.69, 9.17) is 11.6 Å². The second kappa shape index (κ2) is 5.30. The Bertz CT molecular complexity index is 513. The Morgan fingerprint density at radius 3 is 2.76 bits per heavy atom. The van der Waals surface area contributed by atoms with Crippen molar-refractivity contribution < 1.29 is 5.11 Å². The zero-order valence-corrected chi connectivity index (χ0v) is 10.4. The molecule has 2 rings (SSSR count). The number of halogens is 1. The summed E-state index contributed by atoms with van der Waals surface area (Å²) >= 11 is 6.06. The molecule has 3 heteroatoms. The molecule has 0 aliphatic heterocycles. The molecule has 0 aliphatic rings. The monoisotopic (exact) mass is 247 g/mol. The maximum Gasteiger partial charge on any atom is 0.100 e. The molecular formula is C14H14ClNO. The first-order valence-electron chi connectivity index (χ1n) is 5.51. The van der Waals surface area contributed by atoms with Crippen LogP contribution < -0.4 is 0 Å². The number of hydrogen-bond donors (Lipinski definition) is 1. The van der Waals surface area contributed by atoms with Crippen LogP contribution in [-0.2, 0) is 6.42 Å². The third-order valence-corrected chi connectivity index (χ3v) is 3.02. The molecule has 2 aromatic rings. The van der Waals surface area contributed by atoms with E-state index in [9.17, 15) is 5.11 Å². The second-order valence-electron chi connectivity index (χ2n) is 4.07. The van der Waals surface area contributed by atoms with E-state index in [0.717, 1.165) is 11.1 Å². The fourth-order valence-electron chi connectivity index (χ4n) is 1.72. The normalized spacial score (nSPS) is 12.4. The Morgan fingerprint density at radius 1 is 1.29 bits per heavy atom. The molecule has 0 amide bonds. The van der Waals surface area contributed by atoms with Crippen molar-refractivity contribution in [1.82, 2.24) is 4.98 Å². The molecule has 1 heterocycles. The van der Waals surface area contributed by atoms with Crippen LogP contribution in [0.1, 0.15) is 22.9 Å². The van der Waals surface area contributed by atoms with Gasteiger partial charge in [0, 0.05) is 17.6 Å². The zero-order chi connectivity index (χ0) is 12.3. The summed E-state index contributed by atoms with van der Waals surface area (Å²) < 4.78 is 0. The number of pyridine rings is 1. The van der Waals surface area contributed by atoms with Crippen LogP contribution in [0.15, 0.2) is 42.6 Å². The third kappa shape index (κ3) is 3.05. The summed E-state index contributed by atoms with van der Waals surface area (Å²) in [6, 6.07) is 11.3. The molecule has 0 spiro atoms. The first-order valence-corrected chi connectivity index (χ1v) is 5.88. The minimum absolute atomic E-state index is 0.482. The van der Waals surface area contributed by atoms with Crippen LogP contribution in [0.25, 0.3) is 0 Å². The fraction of sp³-hybridized carbons (Fsp3) is 0.214. The smallest absolute Gasteiger partial charge is 0.100 e. The summed E-state index contributed by atoms with van der Waals surface area (Å²) in [4.78, 5) is 4.17. The zero-order valence-electron chi connectivity index (χ0n) is 9.60. The average Bonchev–Trinajstić information content (AvgIpc) is 2.32. The molecule has 0 fully saturated rings. The molecule has 1 aromatic heterocycles. The maximum atomic E-state index is 10.1. The molecule has 88 valence electrons. The topological polar surface area (TPSA) is 33.1 Å². The number of aromatic nitrogens is 1. The highest BCUT2D eigenvalue weighted by molar-refractivity contribution is 6.31. The second-order valence-corrected chi connectivity index (χ2v) is 4.48. The number of rotatable bonds is 3. The van der Waals surface area contributed by atoms with Gasteiger partial charge in [-0.2, -0.15) is 0 Å². The average molecular weight is 248 g/mol. The summed E-state index contributed by atoms with van der Waals surface area (Å²) in [7, 11) is 0. The molecule has 0 radical (unpaired) electrons. The van der Waals surface area contributed by atoms with Gasteiger partial charge >= 0.3 is 0 Å². The molecule has 0 aliphatic carbocycles. The Hall–Kier alpha value is -1.38. The lowest BCUT2D eigenvalue weighted by Gasteiger charge is -2.11. The van der Waals surface area contributed by atoms with Crippen molar-refractivity contribution in [2.75, 3.05) is 0 Å². The Kier molecular flexibility index (Phi) is 3.77. The van der Waals surface area contributed by atoms with E-state index >= 15 is 0 Å². The summed E-state index contributed by atoms with van der Waals surface area (Å²) in [5, 5.41) is 10.8. The maximum absolute atomic E-state index is 10.1. The predicted octanol–water partition coefficient (Wildman–Crippen LogP) is 3.32. The fourth-order valence-corrected chi connectivity index (χ4v) is 1.93. The van der Waals surface area contributed by atoms with E-state index in [1.165, 1.54) is 0 Å². The van der Waals surface area contributed by atoms with Gasteiger partial charge in [0.05, 0.1) is 5.69 Å². The van der Waals surface area contributed by atoms with Gasteiger partial charge in [0.2, 0.25) is 0 Å². The van der Waals surface area contributed by atoms with Crippen LogP contribution in [0.2, 0.25) is 5.02 Å². The van der Waals surface area contributed by atoms with Crippen molar-refractivity contribution in [2.45, 2.75) is 19.4 Å². The van der Waals surface area contributed by atoms with Crippen LogP contribution in [0.5, 0.6) is 0 Å². The lowest BCUT2D eigenvalue weighted by atomic mass is 10.0. The molecule has 1 unspecified atom stereocenters. The number of aryl methyl sites for hydroxylation is 1. The molecule has 0 saturated carbocycles. The lowest BCUT2D eigenvalue weighted by molar-refractivity contribution is 0.173. The number of aliphatic hydroxyl groups is 1. The third-order valence-electron chi connectivity index (χ3n) is 2.65. The largest absolute Gasteiger partial charge is 0.386 e. The summed E-state index contributed by atoms with van der Waals surface area (Å²) in [6.07, 6.45) is 1.58. The summed E-state index contributed by atoms with van der Waals surface area (Å²) in [6.45, 7) is 1.98. The van der Waals surface area contributed by atoms with Crippen LogP contribution in [0.4, 0.5) is 0 Å². The van der Waals surface area contributed by atoms with Crippen molar-refractivity contribution in [1.29, 1.82) is 0 Å². The van der Waals surface area contributed by atoms with E-state index < -0.39 is 6.10 Å². The van der Waals surface area contributed by atoms with Gasteiger partial charge in [0.25, 0.3) is 0 Å². The minimum Gasteiger partial charge on any atom is -0.386 e. The van der Waals surface area contributed by atoms with E-state index in [-0.39, 0.29) is 0 Å². The van der Waals surface area contributed by atoms with Crippen LogP contribution in [0, 0.1) is 6.92 Å². The van der Waals surface area contributed by atoms with Crippen molar-refractivity contribution in [2.24, 2.45) is 0 Å². The number of hydrogen-bond acceptors (Lipinski definition) is 2. The molecule has 1 aromatic carbocycles. The molecular weight excluding hydrogens is 234 g/mol. The van der Waals surface area contributed by atoms with Gasteiger partial charge in [0.1, 0.15) is 6.10 Å². The van der Waals surface area contributed by atoms with Crippen molar-refractivity contribution in [3.63, 3.8) is 0 Å². The number of aliphatic hydroxyl groups excluding tert-OH is 1. The molecule has 1 atom stereocenters. The SMILES string of the molecule is Cc1ccnc(C(O)Cc2ccccc2Cl)c1. The lowest BCUT2D eigenvalue weighted by Crippen LogP contribution is -2.04. The minimum atomic E-state index is -0.616. The molecule has 2 nitrogen and oxygen atoms in total. The van der Waals surface area contributed by atoms with Gasteiger partial charge in [-0.15, -0.1) is 0 Å². The van der Waals surface area contributed by atoms with Crippen LogP contribution >= 0.6 is 11.6 Å². The molecule has 0 saturated heterocycles. The first kappa shape index (κ1) is 12.1. The first-order chi connectivity index (χ1) is 8.16. The van der Waals surface area contributed by atoms with Gasteiger partial charge in [-0.05, 0) is 36.2 Å². The van der Waals surface area contributed by atoms with Gasteiger partial charge in [-0.1, -0.05) is 29.8 Å². The van der Waals surface area contributed by atoms with Crippen molar-refractivity contribution in [3.05, 3.63) is 64.4 Å². The van der Waals surface area contributed by atoms with Crippen LogP contribution in [-0.4, -0.2) is 10.1 Å². The number of benzene rings is 1. The summed E-state index contributed by atoms with van der Waals surface area (Å²) in [5.41, 5.74) is 2.71. The van der Waals surface area contributed by atoms with Gasteiger partial charge < -0.3 is 5.11 Å². The number of nitrogens with zero attached hydrogens (tertiary/aromatic N) is 1. The standard InChI is InChI=1S/C14H14ClNO/c1-10-6-7-16-13(8-10)14(17)9-11-4-2-3-5-12(11)15/h2-8,14,17H,9H2,1H3. The quantitative estimate of drug-likeness (QED) is 0.903. The van der Waals surface area contributed by atoms with Gasteiger partial charge in [0.15, 0.2) is 0 Å². The Labute approximate surface area is 106 Å². The van der Waals surface area contributed by atoms with E-state index in [1.54, 1.807) is 6.20 Å². The highest BCUT2D eigenvalue weighted by atomic mass is 35.5. The van der Waals surface area contributed by atoms with E-state index in [1.807, 2.05) is 43.3 Å². The molecule has 1 N–H and O–H groups in total. The molecule has 0 bridgehead atoms. The van der Waals surface area contributed by atoms with Crippen molar-refractivity contribution in [3.8, 4) is 0 Å². The molecule has 17 heavy (non-hydrogen) atoms. The highest BCUT2D eigenvalue weighted by Crippen LogP contribution is 2.22. The Morgan fingerprint density at radius 2 is 2.06 bits per heavy atom.